The van der Waals surface area contributed by atoms with Crippen LogP contribution >= 0.6 is 0 Å². The summed E-state index contributed by atoms with van der Waals surface area (Å²) in [5, 5.41) is 0. The van der Waals surface area contributed by atoms with Crippen molar-refractivity contribution in [3.63, 3.8) is 0 Å². The molecule has 1 aromatic rings. The molecule has 0 amide bonds. The Kier molecular flexibility index (Phi) is 10.5. The molecule has 0 aliphatic carbocycles. The zero-order chi connectivity index (χ0) is 15.5. The van der Waals surface area contributed by atoms with E-state index in [1.165, 1.54) is 56.1 Å². The molecule has 0 saturated heterocycles. The normalized spacial score (nSPS) is 11.3. The van der Waals surface area contributed by atoms with Crippen LogP contribution in [0, 0.1) is 13.8 Å². The molecule has 0 fully saturated rings. The van der Waals surface area contributed by atoms with Crippen molar-refractivity contribution in [2.45, 2.75) is 86.0 Å². The second kappa shape index (κ2) is 11.6. The average Bonchev–Trinajstić information content (AvgIpc) is 2.49. The van der Waals surface area contributed by atoms with E-state index in [4.69, 9.17) is 0 Å². The Morgan fingerprint density at radius 3 is 2.05 bits per heavy atom. The van der Waals surface area contributed by atoms with Crippen LogP contribution in [0.1, 0.15) is 69.1 Å². The Balaban J connectivity index is 2.31. The summed E-state index contributed by atoms with van der Waals surface area (Å²) in [6, 6.07) is 6.79. The fourth-order valence-corrected chi connectivity index (χ4v) is 13.8. The molecule has 0 spiro atoms. The van der Waals surface area contributed by atoms with E-state index in [2.05, 4.69) is 45.9 Å². The van der Waals surface area contributed by atoms with Crippen LogP contribution in [0.2, 0.25) is 13.3 Å². The van der Waals surface area contributed by atoms with E-state index in [1.807, 2.05) is 0 Å². The summed E-state index contributed by atoms with van der Waals surface area (Å²) in [4.78, 5) is 0. The van der Waals surface area contributed by atoms with E-state index in [0.29, 0.717) is 0 Å². The fourth-order valence-electron chi connectivity index (χ4n) is 3.25. The zero-order valence-corrected chi connectivity index (χ0v) is 18.2. The van der Waals surface area contributed by atoms with Crippen LogP contribution in [0.4, 0.5) is 0 Å². The first-order chi connectivity index (χ1) is 10.2. The van der Waals surface area contributed by atoms with Crippen molar-refractivity contribution in [1.82, 2.24) is 0 Å². The molecule has 0 aliphatic heterocycles. The van der Waals surface area contributed by atoms with Gasteiger partial charge in [-0.3, -0.25) is 0 Å². The van der Waals surface area contributed by atoms with Crippen LogP contribution in [0.3, 0.4) is 0 Å². The van der Waals surface area contributed by atoms with Gasteiger partial charge in [0.25, 0.3) is 0 Å². The first-order valence-electron chi connectivity index (χ1n) is 9.24. The van der Waals surface area contributed by atoms with Gasteiger partial charge in [-0.2, -0.15) is 0 Å². The van der Waals surface area contributed by atoms with Crippen molar-refractivity contribution in [2.75, 3.05) is 0 Å². The summed E-state index contributed by atoms with van der Waals surface area (Å²) in [5.74, 6) is 0. The number of hydrogen-bond donors (Lipinski definition) is 0. The number of hydrogen-bond acceptors (Lipinski definition) is 0. The van der Waals surface area contributed by atoms with E-state index in [1.54, 1.807) is 18.9 Å². The average molecular weight is 395 g/mol. The van der Waals surface area contributed by atoms with Gasteiger partial charge in [0.2, 0.25) is 0 Å². The van der Waals surface area contributed by atoms with Crippen molar-refractivity contribution < 1.29 is 0 Å². The number of aryl methyl sites for hydroxylation is 2. The SMILES string of the molecule is CCC[CH2][SnH]([CH2]CCC)[CH2]CCCc1cccc(C)c1C. The van der Waals surface area contributed by atoms with E-state index in [-0.39, 0.29) is 0 Å². The Labute approximate surface area is 140 Å². The third-order valence-corrected chi connectivity index (χ3v) is 15.4. The summed E-state index contributed by atoms with van der Waals surface area (Å²) < 4.78 is 5.00. The summed E-state index contributed by atoms with van der Waals surface area (Å²) >= 11 is -1.14. The quantitative estimate of drug-likeness (QED) is 0.298. The van der Waals surface area contributed by atoms with Gasteiger partial charge in [0.15, 0.2) is 0 Å². The van der Waals surface area contributed by atoms with Crippen molar-refractivity contribution >= 4 is 19.8 Å². The molecule has 120 valence electrons. The summed E-state index contributed by atoms with van der Waals surface area (Å²) in [6.45, 7) is 9.22. The molecule has 0 saturated carbocycles. The molecular weight excluding hydrogens is 359 g/mol. The van der Waals surface area contributed by atoms with Gasteiger partial charge >= 0.3 is 141 Å². The zero-order valence-electron chi connectivity index (χ0n) is 14.9. The molecule has 0 atom stereocenters. The molecule has 1 rings (SSSR count). The standard InChI is InChI=1S/C12H17.2C4H9.Sn.H/c1-4-5-8-12-9-6-7-10(2)11(12)3;2*1-3-4-2;;/h6-7,9H,1,4-5,8H2,2-3H3;2*1,3-4H2,2H3;;. The molecule has 1 aromatic carbocycles. The first kappa shape index (κ1) is 19.1. The van der Waals surface area contributed by atoms with E-state index >= 15 is 0 Å². The van der Waals surface area contributed by atoms with Gasteiger partial charge in [-0.05, 0) is 0 Å². The van der Waals surface area contributed by atoms with E-state index in [9.17, 15) is 0 Å². The van der Waals surface area contributed by atoms with E-state index < -0.39 is 19.8 Å². The summed E-state index contributed by atoms with van der Waals surface area (Å²) in [6.07, 6.45) is 10.1. The maximum absolute atomic E-state index is 2.35. The van der Waals surface area contributed by atoms with Crippen molar-refractivity contribution in [1.29, 1.82) is 0 Å². The molecule has 1 heteroatoms. The second-order valence-electron chi connectivity index (χ2n) is 6.76. The molecule has 0 aliphatic rings. The second-order valence-corrected chi connectivity index (χ2v) is 16.6. The van der Waals surface area contributed by atoms with Crippen LogP contribution in [-0.4, -0.2) is 19.8 Å². The van der Waals surface area contributed by atoms with Gasteiger partial charge < -0.3 is 0 Å². The predicted octanol–water partition coefficient (Wildman–Crippen LogP) is 6.45. The minimum absolute atomic E-state index is 1.14. The number of rotatable bonds is 11. The third kappa shape index (κ3) is 7.72. The van der Waals surface area contributed by atoms with Gasteiger partial charge in [-0.15, -0.1) is 0 Å². The van der Waals surface area contributed by atoms with Gasteiger partial charge in [0.05, 0.1) is 0 Å². The van der Waals surface area contributed by atoms with Gasteiger partial charge in [0.1, 0.15) is 0 Å². The third-order valence-electron chi connectivity index (χ3n) is 4.96. The Hall–Kier alpha value is 0.0187. The Bertz CT molecular complexity index is 375. The predicted molar refractivity (Wildman–Crippen MR) is 100 cm³/mol. The summed E-state index contributed by atoms with van der Waals surface area (Å²) in [7, 11) is 0. The Morgan fingerprint density at radius 1 is 0.810 bits per heavy atom. The van der Waals surface area contributed by atoms with Crippen molar-refractivity contribution in [3.8, 4) is 0 Å². The molecule has 0 N–H and O–H groups in total. The monoisotopic (exact) mass is 396 g/mol. The number of benzene rings is 1. The van der Waals surface area contributed by atoms with E-state index in [0.717, 1.165) is 0 Å². The van der Waals surface area contributed by atoms with Crippen LogP contribution in [0.15, 0.2) is 18.2 Å². The molecule has 0 unspecified atom stereocenters. The van der Waals surface area contributed by atoms with Gasteiger partial charge in [-0.1, -0.05) is 0 Å². The van der Waals surface area contributed by atoms with Gasteiger partial charge in [0, 0.05) is 0 Å². The van der Waals surface area contributed by atoms with Crippen molar-refractivity contribution in [3.05, 3.63) is 34.9 Å². The summed E-state index contributed by atoms with van der Waals surface area (Å²) in [5.41, 5.74) is 4.56. The molecule has 0 aromatic heterocycles. The van der Waals surface area contributed by atoms with Crippen LogP contribution < -0.4 is 0 Å². The first-order valence-corrected chi connectivity index (χ1v) is 16.2. The van der Waals surface area contributed by atoms with Crippen LogP contribution in [-0.2, 0) is 6.42 Å². The Morgan fingerprint density at radius 2 is 1.43 bits per heavy atom. The molecule has 0 bridgehead atoms. The minimum atomic E-state index is -1.14. The number of unbranched alkanes of at least 4 members (excludes halogenated alkanes) is 3. The molecular formula is C20H36Sn. The molecule has 0 nitrogen and oxygen atoms in total. The van der Waals surface area contributed by atoms with Gasteiger partial charge in [-0.25, -0.2) is 0 Å². The molecule has 0 radical (unpaired) electrons. The topological polar surface area (TPSA) is 0 Å². The van der Waals surface area contributed by atoms with Crippen LogP contribution in [0.5, 0.6) is 0 Å². The van der Waals surface area contributed by atoms with Crippen molar-refractivity contribution in [2.24, 2.45) is 0 Å². The molecule has 21 heavy (non-hydrogen) atoms. The van der Waals surface area contributed by atoms with Crippen LogP contribution in [0.25, 0.3) is 0 Å². The maximum atomic E-state index is 2.35. The molecule has 0 heterocycles. The fraction of sp³-hybridized carbons (Fsp3) is 0.700.